The molecule has 0 unspecified atom stereocenters. The molecule has 1 heterocycles. The van der Waals surface area contributed by atoms with Crippen molar-refractivity contribution in [3.8, 4) is 5.75 Å². The van der Waals surface area contributed by atoms with Crippen LogP contribution in [0.1, 0.15) is 28.7 Å². The van der Waals surface area contributed by atoms with Gasteiger partial charge in [0.1, 0.15) is 11.3 Å². The SMILES string of the molecule is COc1ccc2c(C)c(CCC(=O)Nc3cc(S(=O)(=O)N(C)C)cc(C)c3C)c(=O)oc2c1. The molecular formula is C24H28N2O6S. The minimum Gasteiger partial charge on any atom is -0.497 e. The Morgan fingerprint density at radius 1 is 1.09 bits per heavy atom. The Labute approximate surface area is 193 Å². The normalized spacial score (nSPS) is 11.7. The molecule has 3 aromatic rings. The van der Waals surface area contributed by atoms with E-state index < -0.39 is 15.6 Å². The first-order valence-electron chi connectivity index (χ1n) is 10.4. The number of methoxy groups -OCH3 is 1. The fourth-order valence-electron chi connectivity index (χ4n) is 3.56. The molecule has 0 radical (unpaired) electrons. The third-order valence-electron chi connectivity index (χ3n) is 5.79. The Hall–Kier alpha value is -3.17. The van der Waals surface area contributed by atoms with Crippen LogP contribution in [0.3, 0.4) is 0 Å². The van der Waals surface area contributed by atoms with Gasteiger partial charge in [-0.2, -0.15) is 0 Å². The Bertz CT molecular complexity index is 1390. The second-order valence-corrected chi connectivity index (χ2v) is 10.3. The number of fused-ring (bicyclic) bond motifs is 1. The zero-order chi connectivity index (χ0) is 24.5. The smallest absolute Gasteiger partial charge is 0.339 e. The summed E-state index contributed by atoms with van der Waals surface area (Å²) in [5.74, 6) is 0.256. The van der Waals surface area contributed by atoms with Gasteiger partial charge in [-0.25, -0.2) is 17.5 Å². The zero-order valence-corrected chi connectivity index (χ0v) is 20.4. The third kappa shape index (κ3) is 4.94. The number of rotatable bonds is 7. The van der Waals surface area contributed by atoms with E-state index in [4.69, 9.17) is 9.15 Å². The summed E-state index contributed by atoms with van der Waals surface area (Å²) in [6.07, 6.45) is 0.228. The van der Waals surface area contributed by atoms with Crippen LogP contribution in [0, 0.1) is 20.8 Å². The molecule has 0 atom stereocenters. The summed E-state index contributed by atoms with van der Waals surface area (Å²) in [5.41, 5.74) is 3.06. The molecule has 1 amide bonds. The van der Waals surface area contributed by atoms with Crippen LogP contribution in [0.5, 0.6) is 5.75 Å². The van der Waals surface area contributed by atoms with E-state index in [0.717, 1.165) is 26.4 Å². The standard InChI is InChI=1S/C24H28N2O6S/c1-14-11-18(33(29,30)26(4)5)13-21(15(14)2)25-23(27)10-9-20-16(3)19-8-7-17(31-6)12-22(19)32-24(20)28/h7-8,11-13H,9-10H2,1-6H3,(H,25,27). The van der Waals surface area contributed by atoms with E-state index in [1.54, 1.807) is 25.1 Å². The van der Waals surface area contributed by atoms with E-state index >= 15 is 0 Å². The predicted octanol–water partition coefficient (Wildman–Crippen LogP) is 3.55. The predicted molar refractivity (Wildman–Crippen MR) is 128 cm³/mol. The van der Waals surface area contributed by atoms with Crippen LogP contribution in [-0.4, -0.2) is 39.8 Å². The molecule has 0 spiro atoms. The van der Waals surface area contributed by atoms with Crippen LogP contribution < -0.4 is 15.7 Å². The van der Waals surface area contributed by atoms with Gasteiger partial charge >= 0.3 is 5.63 Å². The molecule has 0 fully saturated rings. The number of ether oxygens (including phenoxy) is 1. The van der Waals surface area contributed by atoms with Gasteiger partial charge in [0.15, 0.2) is 0 Å². The van der Waals surface area contributed by atoms with Crippen LogP contribution in [0.4, 0.5) is 5.69 Å². The van der Waals surface area contributed by atoms with Crippen molar-refractivity contribution >= 4 is 32.6 Å². The lowest BCUT2D eigenvalue weighted by Gasteiger charge is -2.16. The first-order chi connectivity index (χ1) is 15.4. The summed E-state index contributed by atoms with van der Waals surface area (Å²) in [7, 11) is 0.798. The summed E-state index contributed by atoms with van der Waals surface area (Å²) in [5, 5.41) is 3.57. The minimum atomic E-state index is -3.65. The fourth-order valence-corrected chi connectivity index (χ4v) is 4.57. The van der Waals surface area contributed by atoms with E-state index in [-0.39, 0.29) is 23.6 Å². The molecule has 8 nitrogen and oxygen atoms in total. The lowest BCUT2D eigenvalue weighted by Crippen LogP contribution is -2.23. The van der Waals surface area contributed by atoms with Crippen molar-refractivity contribution in [3.05, 3.63) is 63.0 Å². The summed E-state index contributed by atoms with van der Waals surface area (Å²) in [4.78, 5) is 25.3. The third-order valence-corrected chi connectivity index (χ3v) is 7.58. The fraction of sp³-hybridized carbons (Fsp3) is 0.333. The van der Waals surface area contributed by atoms with Gasteiger partial charge in [0.2, 0.25) is 15.9 Å². The van der Waals surface area contributed by atoms with Crippen molar-refractivity contribution in [1.29, 1.82) is 0 Å². The highest BCUT2D eigenvalue weighted by atomic mass is 32.2. The van der Waals surface area contributed by atoms with Crippen molar-refractivity contribution in [2.24, 2.45) is 0 Å². The molecule has 1 N–H and O–H groups in total. The van der Waals surface area contributed by atoms with Gasteiger partial charge in [0.25, 0.3) is 0 Å². The molecular weight excluding hydrogens is 444 g/mol. The Morgan fingerprint density at radius 3 is 2.42 bits per heavy atom. The molecule has 176 valence electrons. The van der Waals surface area contributed by atoms with Crippen molar-refractivity contribution in [2.75, 3.05) is 26.5 Å². The summed E-state index contributed by atoms with van der Waals surface area (Å²) < 4.78 is 36.8. The van der Waals surface area contributed by atoms with Crippen LogP contribution >= 0.6 is 0 Å². The molecule has 0 saturated heterocycles. The maximum absolute atomic E-state index is 12.7. The summed E-state index contributed by atoms with van der Waals surface area (Å²) in [6, 6.07) is 8.29. The van der Waals surface area contributed by atoms with Crippen LogP contribution in [0.25, 0.3) is 11.0 Å². The molecule has 0 aliphatic carbocycles. The number of anilines is 1. The van der Waals surface area contributed by atoms with E-state index in [1.165, 1.54) is 27.3 Å². The van der Waals surface area contributed by atoms with Gasteiger partial charge in [0.05, 0.1) is 12.0 Å². The van der Waals surface area contributed by atoms with E-state index in [2.05, 4.69) is 5.32 Å². The molecule has 0 aliphatic heterocycles. The number of amides is 1. The maximum Gasteiger partial charge on any atom is 0.339 e. The Kier molecular flexibility index (Phi) is 6.94. The minimum absolute atomic E-state index is 0.0381. The lowest BCUT2D eigenvalue weighted by atomic mass is 10.0. The van der Waals surface area contributed by atoms with Crippen LogP contribution in [0.15, 0.2) is 44.4 Å². The average molecular weight is 473 g/mol. The summed E-state index contributed by atoms with van der Waals surface area (Å²) >= 11 is 0. The van der Waals surface area contributed by atoms with Crippen molar-refractivity contribution in [1.82, 2.24) is 4.31 Å². The van der Waals surface area contributed by atoms with Gasteiger partial charge in [0, 0.05) is 43.2 Å². The first kappa shape index (κ1) is 24.5. The van der Waals surface area contributed by atoms with Crippen molar-refractivity contribution in [2.45, 2.75) is 38.5 Å². The van der Waals surface area contributed by atoms with Gasteiger partial charge in [-0.3, -0.25) is 4.79 Å². The molecule has 2 aromatic carbocycles. The second kappa shape index (κ2) is 9.36. The molecule has 0 saturated carbocycles. The largest absolute Gasteiger partial charge is 0.497 e. The number of hydrogen-bond acceptors (Lipinski definition) is 6. The number of carbonyl (C=O) groups is 1. The highest BCUT2D eigenvalue weighted by Crippen LogP contribution is 2.27. The number of nitrogens with one attached hydrogen (secondary N) is 1. The zero-order valence-electron chi connectivity index (χ0n) is 19.6. The quantitative estimate of drug-likeness (QED) is 0.527. The van der Waals surface area contributed by atoms with Crippen molar-refractivity contribution < 1.29 is 22.4 Å². The number of benzene rings is 2. The highest BCUT2D eigenvalue weighted by Gasteiger charge is 2.20. The number of hydrogen-bond donors (Lipinski definition) is 1. The lowest BCUT2D eigenvalue weighted by molar-refractivity contribution is -0.116. The molecule has 33 heavy (non-hydrogen) atoms. The Balaban J connectivity index is 1.83. The van der Waals surface area contributed by atoms with E-state index in [1.807, 2.05) is 19.9 Å². The molecule has 0 aliphatic rings. The second-order valence-electron chi connectivity index (χ2n) is 8.10. The number of nitrogens with zero attached hydrogens (tertiary/aromatic N) is 1. The monoisotopic (exact) mass is 472 g/mol. The molecule has 0 bridgehead atoms. The molecule has 1 aromatic heterocycles. The first-order valence-corrected chi connectivity index (χ1v) is 11.8. The molecule has 9 heteroatoms. The number of sulfonamides is 1. The van der Waals surface area contributed by atoms with E-state index in [9.17, 15) is 18.0 Å². The number of carbonyl (C=O) groups excluding carboxylic acids is 1. The van der Waals surface area contributed by atoms with Gasteiger partial charge in [-0.05, 0) is 68.1 Å². The molecule has 3 rings (SSSR count). The van der Waals surface area contributed by atoms with Gasteiger partial charge in [-0.15, -0.1) is 0 Å². The van der Waals surface area contributed by atoms with Crippen LogP contribution in [-0.2, 0) is 21.2 Å². The average Bonchev–Trinajstić information content (AvgIpc) is 2.75. The summed E-state index contributed by atoms with van der Waals surface area (Å²) in [6.45, 7) is 5.42. The number of aryl methyl sites for hydroxylation is 2. The van der Waals surface area contributed by atoms with Crippen molar-refractivity contribution in [3.63, 3.8) is 0 Å². The van der Waals surface area contributed by atoms with Gasteiger partial charge < -0.3 is 14.5 Å². The van der Waals surface area contributed by atoms with E-state index in [0.29, 0.717) is 22.6 Å². The highest BCUT2D eigenvalue weighted by molar-refractivity contribution is 7.89. The topological polar surface area (TPSA) is 106 Å². The Morgan fingerprint density at radius 2 is 1.79 bits per heavy atom. The van der Waals surface area contributed by atoms with Crippen LogP contribution in [0.2, 0.25) is 0 Å². The maximum atomic E-state index is 12.7. The van der Waals surface area contributed by atoms with Gasteiger partial charge in [-0.1, -0.05) is 0 Å².